The van der Waals surface area contributed by atoms with Crippen molar-refractivity contribution in [1.29, 1.82) is 0 Å². The van der Waals surface area contributed by atoms with Gasteiger partial charge in [0.1, 0.15) is 11.5 Å². The number of carbonyl (C=O) groups is 1. The molecule has 1 aliphatic heterocycles. The number of aliphatic hydroxyl groups excluding tert-OH is 1. The summed E-state index contributed by atoms with van der Waals surface area (Å²) in [7, 11) is 1.71. The number of nitrogens with two attached hydrogens (primary N) is 1. The Morgan fingerprint density at radius 3 is 2.53 bits per heavy atom. The number of aliphatic hydroxyl groups is 2. The van der Waals surface area contributed by atoms with Crippen LogP contribution in [0.4, 0.5) is 0 Å². The van der Waals surface area contributed by atoms with E-state index in [-0.39, 0.29) is 23.8 Å². The van der Waals surface area contributed by atoms with E-state index in [9.17, 15) is 15.0 Å². The number of hydrogen-bond acceptors (Lipinski definition) is 6. The van der Waals surface area contributed by atoms with Crippen molar-refractivity contribution >= 4 is 5.91 Å². The second-order valence-corrected chi connectivity index (χ2v) is 11.1. The van der Waals surface area contributed by atoms with Crippen molar-refractivity contribution in [3.05, 3.63) is 59.7 Å². The molecule has 2 fully saturated rings. The summed E-state index contributed by atoms with van der Waals surface area (Å²) < 4.78 is 11.6. The molecule has 7 heteroatoms. The molecule has 0 spiro atoms. The lowest BCUT2D eigenvalue weighted by atomic mass is 9.73. The summed E-state index contributed by atoms with van der Waals surface area (Å²) in [5, 5.41) is 22.6. The molecular weight excluding hydrogens is 480 g/mol. The number of likely N-dealkylation sites (tertiary alicyclic amines) is 1. The number of amides is 1. The maximum atomic E-state index is 13.4. The van der Waals surface area contributed by atoms with Gasteiger partial charge in [-0.15, -0.1) is 0 Å². The molecule has 7 nitrogen and oxygen atoms in total. The van der Waals surface area contributed by atoms with Crippen molar-refractivity contribution < 1.29 is 24.5 Å². The van der Waals surface area contributed by atoms with Gasteiger partial charge < -0.3 is 30.3 Å². The summed E-state index contributed by atoms with van der Waals surface area (Å²) >= 11 is 0. The fourth-order valence-corrected chi connectivity index (χ4v) is 6.15. The van der Waals surface area contributed by atoms with Crippen LogP contribution in [-0.2, 0) is 15.1 Å². The van der Waals surface area contributed by atoms with Crippen LogP contribution < -0.4 is 10.5 Å². The molecule has 1 amide bonds. The maximum Gasteiger partial charge on any atom is 0.225 e. The van der Waals surface area contributed by atoms with Crippen molar-refractivity contribution in [2.75, 3.05) is 26.8 Å². The molecule has 0 aromatic heterocycles. The van der Waals surface area contributed by atoms with E-state index < -0.39 is 11.7 Å². The van der Waals surface area contributed by atoms with Crippen LogP contribution in [0.1, 0.15) is 62.5 Å². The third-order valence-electron chi connectivity index (χ3n) is 8.41. The lowest BCUT2D eigenvalue weighted by molar-refractivity contribution is -0.141. The van der Waals surface area contributed by atoms with Gasteiger partial charge in [0.15, 0.2) is 0 Å². The van der Waals surface area contributed by atoms with Crippen LogP contribution in [0, 0.1) is 18.8 Å². The molecule has 5 atom stereocenters. The highest BCUT2D eigenvalue weighted by atomic mass is 16.5. The fraction of sp³-hybridized carbons (Fsp3) is 0.581. The Balaban J connectivity index is 1.60. The van der Waals surface area contributed by atoms with E-state index in [4.69, 9.17) is 15.2 Å². The highest BCUT2D eigenvalue weighted by Gasteiger charge is 2.44. The standard InChI is InChI=1S/C31H44N2O5/c1-22-11-4-6-14-28(22)38-29-15-7-5-13-25(29)31(36,16-8-3-9-18-37-2)24-12-10-17-33(21-24)30(35)23-19-26(32)27(34)20-23/h4-7,11,13-15,23-24,26-27,34,36H,3,8-10,12,16-21,32H2,1-2H3/t23-,24?,26+,27-,31-/m0/s1. The summed E-state index contributed by atoms with van der Waals surface area (Å²) in [5.41, 5.74) is 6.64. The van der Waals surface area contributed by atoms with E-state index in [0.717, 1.165) is 49.0 Å². The minimum atomic E-state index is -1.16. The highest BCUT2D eigenvalue weighted by Crippen LogP contribution is 2.45. The van der Waals surface area contributed by atoms with E-state index in [1.54, 1.807) is 7.11 Å². The molecule has 2 aromatic carbocycles. The zero-order chi connectivity index (χ0) is 27.1. The van der Waals surface area contributed by atoms with Crippen LogP contribution in [0.3, 0.4) is 0 Å². The molecule has 2 aromatic rings. The average Bonchev–Trinajstić information content (AvgIpc) is 3.27. The van der Waals surface area contributed by atoms with Gasteiger partial charge in [-0.1, -0.05) is 49.2 Å². The summed E-state index contributed by atoms with van der Waals surface area (Å²) in [6.07, 6.45) is 5.25. The van der Waals surface area contributed by atoms with E-state index >= 15 is 0 Å². The van der Waals surface area contributed by atoms with Crippen LogP contribution in [0.25, 0.3) is 0 Å². The second kappa shape index (κ2) is 13.1. The van der Waals surface area contributed by atoms with Gasteiger partial charge in [0.25, 0.3) is 0 Å². The second-order valence-electron chi connectivity index (χ2n) is 11.1. The van der Waals surface area contributed by atoms with Crippen LogP contribution in [0.2, 0.25) is 0 Å². The van der Waals surface area contributed by atoms with Gasteiger partial charge in [-0.3, -0.25) is 4.79 Å². The average molecular weight is 525 g/mol. The molecule has 208 valence electrons. The first-order valence-electron chi connectivity index (χ1n) is 14.1. The number of unbranched alkanes of at least 4 members (excludes halogenated alkanes) is 2. The van der Waals surface area contributed by atoms with E-state index in [1.165, 1.54) is 0 Å². The molecule has 1 saturated carbocycles. The largest absolute Gasteiger partial charge is 0.457 e. The maximum absolute atomic E-state index is 13.4. The monoisotopic (exact) mass is 524 g/mol. The Hall–Kier alpha value is -2.45. The first-order chi connectivity index (χ1) is 18.3. The number of piperidine rings is 1. The number of aryl methyl sites for hydroxylation is 1. The summed E-state index contributed by atoms with van der Waals surface area (Å²) in [4.78, 5) is 15.3. The third kappa shape index (κ3) is 6.57. The number of rotatable bonds is 11. The Bertz CT molecular complexity index is 1050. The lowest BCUT2D eigenvalue weighted by Crippen LogP contribution is -2.49. The predicted molar refractivity (Wildman–Crippen MR) is 148 cm³/mol. The first kappa shape index (κ1) is 28.6. The van der Waals surface area contributed by atoms with Crippen LogP contribution in [0.5, 0.6) is 11.5 Å². The summed E-state index contributed by atoms with van der Waals surface area (Å²) in [6, 6.07) is 15.3. The van der Waals surface area contributed by atoms with E-state index in [1.807, 2.05) is 60.4 Å². The lowest BCUT2D eigenvalue weighted by Gasteiger charge is -2.44. The van der Waals surface area contributed by atoms with Gasteiger partial charge in [0.05, 0.1) is 11.7 Å². The third-order valence-corrected chi connectivity index (χ3v) is 8.41. The number of carbonyl (C=O) groups excluding carboxylic acids is 1. The van der Waals surface area contributed by atoms with Gasteiger partial charge >= 0.3 is 0 Å². The van der Waals surface area contributed by atoms with Gasteiger partial charge in [-0.25, -0.2) is 0 Å². The molecule has 0 bridgehead atoms. The van der Waals surface area contributed by atoms with E-state index in [0.29, 0.717) is 44.7 Å². The first-order valence-corrected chi connectivity index (χ1v) is 14.1. The number of methoxy groups -OCH3 is 1. The molecule has 2 aliphatic rings. The normalized spacial score (nSPS) is 25.2. The molecule has 1 saturated heterocycles. The zero-order valence-corrected chi connectivity index (χ0v) is 22.9. The molecular formula is C31H44N2O5. The minimum absolute atomic E-state index is 0.0496. The van der Waals surface area contributed by atoms with Gasteiger partial charge in [-0.05, 0) is 63.1 Å². The Morgan fingerprint density at radius 2 is 1.82 bits per heavy atom. The van der Waals surface area contributed by atoms with Crippen LogP contribution >= 0.6 is 0 Å². The SMILES string of the molecule is COCCCCC[C@@](O)(c1ccccc1Oc1ccccc1C)C1CCCN(C(=O)[C@H]2C[C@@H](N)[C@@H](O)C2)C1. The number of benzene rings is 2. The van der Waals surface area contributed by atoms with Crippen molar-refractivity contribution in [1.82, 2.24) is 4.90 Å². The van der Waals surface area contributed by atoms with Gasteiger partial charge in [0, 0.05) is 50.2 Å². The molecule has 1 heterocycles. The van der Waals surface area contributed by atoms with Gasteiger partial charge in [-0.2, -0.15) is 0 Å². The van der Waals surface area contributed by atoms with Crippen LogP contribution in [0.15, 0.2) is 48.5 Å². The van der Waals surface area contributed by atoms with Crippen molar-refractivity contribution in [2.24, 2.45) is 17.6 Å². The number of hydrogen-bond donors (Lipinski definition) is 3. The van der Waals surface area contributed by atoms with Crippen molar-refractivity contribution in [3.63, 3.8) is 0 Å². The summed E-state index contributed by atoms with van der Waals surface area (Å²) in [6.45, 7) is 3.86. The van der Waals surface area contributed by atoms with Crippen LogP contribution in [-0.4, -0.2) is 60.0 Å². The topological polar surface area (TPSA) is 105 Å². The summed E-state index contributed by atoms with van der Waals surface area (Å²) in [5.74, 6) is 1.07. The zero-order valence-electron chi connectivity index (χ0n) is 22.9. The number of ether oxygens (including phenoxy) is 2. The van der Waals surface area contributed by atoms with E-state index in [2.05, 4.69) is 0 Å². The van der Waals surface area contributed by atoms with Crippen molar-refractivity contribution in [2.45, 2.75) is 76.0 Å². The Morgan fingerprint density at radius 1 is 1.08 bits per heavy atom. The van der Waals surface area contributed by atoms with Gasteiger partial charge in [0.2, 0.25) is 5.91 Å². The fourth-order valence-electron chi connectivity index (χ4n) is 6.15. The Labute approximate surface area is 226 Å². The smallest absolute Gasteiger partial charge is 0.225 e. The highest BCUT2D eigenvalue weighted by molar-refractivity contribution is 5.79. The number of nitrogens with zero attached hydrogens (tertiary/aromatic N) is 1. The molecule has 38 heavy (non-hydrogen) atoms. The van der Waals surface area contributed by atoms with Crippen molar-refractivity contribution in [3.8, 4) is 11.5 Å². The minimum Gasteiger partial charge on any atom is -0.457 e. The molecule has 1 unspecified atom stereocenters. The predicted octanol–water partition coefficient (Wildman–Crippen LogP) is 4.52. The molecule has 1 aliphatic carbocycles. The molecule has 4 rings (SSSR count). The molecule has 4 N–H and O–H groups in total. The molecule has 0 radical (unpaired) electrons. The quantitative estimate of drug-likeness (QED) is 0.374. The number of para-hydroxylation sites is 2. The Kier molecular flexibility index (Phi) is 9.82.